The van der Waals surface area contributed by atoms with Gasteiger partial charge in [0, 0.05) is 6.54 Å². The minimum Gasteiger partial charge on any atom is -0.347 e. The van der Waals surface area contributed by atoms with E-state index in [1.54, 1.807) is 11.8 Å². The summed E-state index contributed by atoms with van der Waals surface area (Å²) in [5.41, 5.74) is 7.65. The van der Waals surface area contributed by atoms with Crippen LogP contribution in [0.3, 0.4) is 0 Å². The van der Waals surface area contributed by atoms with Crippen LogP contribution < -0.4 is 16.4 Å². The highest BCUT2D eigenvalue weighted by molar-refractivity contribution is 5.94. The highest BCUT2D eigenvalue weighted by atomic mass is 35.5. The van der Waals surface area contributed by atoms with E-state index in [-0.39, 0.29) is 36.2 Å². The third-order valence-electron chi connectivity index (χ3n) is 6.34. The first-order valence-corrected chi connectivity index (χ1v) is 11.3. The Bertz CT molecular complexity index is 837. The van der Waals surface area contributed by atoms with Crippen LogP contribution in [0.15, 0.2) is 24.3 Å². The van der Waals surface area contributed by atoms with Crippen LogP contribution in [0.25, 0.3) is 0 Å². The van der Waals surface area contributed by atoms with E-state index in [0.29, 0.717) is 13.0 Å². The number of hydrogen-bond donors (Lipinski definition) is 3. The molecule has 0 radical (unpaired) electrons. The van der Waals surface area contributed by atoms with E-state index < -0.39 is 23.5 Å². The van der Waals surface area contributed by atoms with Gasteiger partial charge in [0.05, 0.1) is 12.1 Å². The highest BCUT2D eigenvalue weighted by Crippen LogP contribution is 2.31. The molecular weight excluding hydrogens is 428 g/mol. The number of carbonyl (C=O) groups excluding carboxylic acids is 3. The average molecular weight is 465 g/mol. The molecule has 1 heterocycles. The molecule has 178 valence electrons. The predicted octanol–water partition coefficient (Wildman–Crippen LogP) is 2.47. The molecule has 3 amide bonds. The van der Waals surface area contributed by atoms with Crippen molar-refractivity contribution in [1.82, 2.24) is 15.5 Å². The number of nitrogens with one attached hydrogen (secondary N) is 2. The quantitative estimate of drug-likeness (QED) is 0.622. The minimum atomic E-state index is -0.741. The molecule has 4 atom stereocenters. The smallest absolute Gasteiger partial charge is 0.246 e. The molecule has 1 aromatic rings. The number of amides is 3. The maximum atomic E-state index is 13.4. The fourth-order valence-electron chi connectivity index (χ4n) is 4.56. The van der Waals surface area contributed by atoms with E-state index >= 15 is 0 Å². The van der Waals surface area contributed by atoms with Crippen molar-refractivity contribution in [3.05, 3.63) is 35.4 Å². The third-order valence-corrected chi connectivity index (χ3v) is 6.34. The van der Waals surface area contributed by atoms with Gasteiger partial charge in [-0.15, -0.1) is 12.4 Å². The Kier molecular flexibility index (Phi) is 8.71. The summed E-state index contributed by atoms with van der Waals surface area (Å²) in [6.45, 7) is 7.82. The Morgan fingerprint density at radius 2 is 1.81 bits per heavy atom. The predicted molar refractivity (Wildman–Crippen MR) is 127 cm³/mol. The van der Waals surface area contributed by atoms with Crippen LogP contribution >= 0.6 is 12.4 Å². The molecule has 1 aromatic carbocycles. The average Bonchev–Trinajstić information content (AvgIpc) is 3.20. The Hall–Kier alpha value is -2.12. The molecule has 0 aromatic heterocycles. The monoisotopic (exact) mass is 464 g/mol. The van der Waals surface area contributed by atoms with E-state index in [1.165, 1.54) is 11.1 Å². The number of carbonyl (C=O) groups is 3. The van der Waals surface area contributed by atoms with Crippen LogP contribution in [-0.4, -0.2) is 47.3 Å². The molecule has 3 rings (SSSR count). The first-order valence-electron chi connectivity index (χ1n) is 11.3. The third kappa shape index (κ3) is 5.81. The molecule has 7 nitrogen and oxygen atoms in total. The van der Waals surface area contributed by atoms with E-state index in [0.717, 1.165) is 25.7 Å². The molecule has 0 saturated carbocycles. The van der Waals surface area contributed by atoms with Gasteiger partial charge in [0.2, 0.25) is 17.7 Å². The summed E-state index contributed by atoms with van der Waals surface area (Å²) in [6, 6.07) is 6.25. The molecule has 4 unspecified atom stereocenters. The Morgan fingerprint density at radius 1 is 1.12 bits per heavy atom. The normalized spacial score (nSPS) is 22.2. The number of fused-ring (bicyclic) bond motifs is 1. The molecule has 1 saturated heterocycles. The first kappa shape index (κ1) is 26.1. The molecule has 2 aliphatic rings. The molecule has 1 aliphatic carbocycles. The molecule has 1 fully saturated rings. The number of nitrogens with zero attached hydrogens (tertiary/aromatic N) is 1. The number of benzene rings is 1. The van der Waals surface area contributed by atoms with Crippen LogP contribution in [0, 0.1) is 5.41 Å². The number of nitrogens with two attached hydrogens (primary N) is 1. The molecule has 0 spiro atoms. The molecular formula is C24H37ClN4O3. The number of aryl methyl sites for hydroxylation is 1. The number of likely N-dealkylation sites (tertiary alicyclic amines) is 1. The van der Waals surface area contributed by atoms with Gasteiger partial charge in [-0.3, -0.25) is 14.4 Å². The van der Waals surface area contributed by atoms with E-state index in [4.69, 9.17) is 5.73 Å². The van der Waals surface area contributed by atoms with Gasteiger partial charge in [0.1, 0.15) is 12.1 Å². The summed E-state index contributed by atoms with van der Waals surface area (Å²) in [4.78, 5) is 40.5. The van der Waals surface area contributed by atoms with Gasteiger partial charge in [-0.25, -0.2) is 0 Å². The van der Waals surface area contributed by atoms with E-state index in [2.05, 4.69) is 22.8 Å². The summed E-state index contributed by atoms with van der Waals surface area (Å²) in [5, 5.41) is 6.00. The standard InChI is InChI=1S/C24H36N4O3.ClH/c1-15(25)21(29)27-20(24(2,3)4)23(31)28-14-8-13-19(28)22(30)26-18-12-7-10-16-9-5-6-11-17(16)18;/h5-6,9,11,15,18-20H,7-8,10,12-14,25H2,1-4H3,(H,26,30)(H,27,29);1H. The maximum absolute atomic E-state index is 13.4. The second-order valence-electron chi connectivity index (χ2n) is 9.94. The van der Waals surface area contributed by atoms with Gasteiger partial charge in [-0.2, -0.15) is 0 Å². The number of rotatable bonds is 5. The van der Waals surface area contributed by atoms with Gasteiger partial charge in [-0.1, -0.05) is 45.0 Å². The van der Waals surface area contributed by atoms with Crippen LogP contribution in [0.1, 0.15) is 70.5 Å². The summed E-state index contributed by atoms with van der Waals surface area (Å²) in [5.74, 6) is -0.700. The zero-order valence-electron chi connectivity index (χ0n) is 19.5. The summed E-state index contributed by atoms with van der Waals surface area (Å²) < 4.78 is 0. The first-order chi connectivity index (χ1) is 14.6. The van der Waals surface area contributed by atoms with Crippen molar-refractivity contribution < 1.29 is 14.4 Å². The van der Waals surface area contributed by atoms with Crippen LogP contribution in [0.2, 0.25) is 0 Å². The molecule has 8 heteroatoms. The largest absolute Gasteiger partial charge is 0.347 e. The fraction of sp³-hybridized carbons (Fsp3) is 0.625. The van der Waals surface area contributed by atoms with Crippen molar-refractivity contribution in [1.29, 1.82) is 0 Å². The lowest BCUT2D eigenvalue weighted by molar-refractivity contribution is -0.144. The molecule has 4 N–H and O–H groups in total. The lowest BCUT2D eigenvalue weighted by Crippen LogP contribution is -2.59. The van der Waals surface area contributed by atoms with Gasteiger partial charge < -0.3 is 21.3 Å². The lowest BCUT2D eigenvalue weighted by atomic mass is 9.85. The van der Waals surface area contributed by atoms with Crippen molar-refractivity contribution in [2.75, 3.05) is 6.54 Å². The van der Waals surface area contributed by atoms with Crippen LogP contribution in [-0.2, 0) is 20.8 Å². The number of halogens is 1. The van der Waals surface area contributed by atoms with Crippen LogP contribution in [0.5, 0.6) is 0 Å². The van der Waals surface area contributed by atoms with E-state index in [1.807, 2.05) is 32.9 Å². The fourth-order valence-corrected chi connectivity index (χ4v) is 4.56. The second kappa shape index (κ2) is 10.7. The molecule has 32 heavy (non-hydrogen) atoms. The van der Waals surface area contributed by atoms with Crippen molar-refractivity contribution >= 4 is 30.1 Å². The minimum absolute atomic E-state index is 0. The van der Waals surface area contributed by atoms with Crippen molar-refractivity contribution in [3.63, 3.8) is 0 Å². The lowest BCUT2D eigenvalue weighted by Gasteiger charge is -2.36. The van der Waals surface area contributed by atoms with Gasteiger partial charge in [0.25, 0.3) is 0 Å². The molecule has 1 aliphatic heterocycles. The summed E-state index contributed by atoms with van der Waals surface area (Å²) >= 11 is 0. The zero-order chi connectivity index (χ0) is 22.8. The molecule has 0 bridgehead atoms. The number of hydrogen-bond acceptors (Lipinski definition) is 4. The summed E-state index contributed by atoms with van der Waals surface area (Å²) in [7, 11) is 0. The Balaban J connectivity index is 0.00000363. The van der Waals surface area contributed by atoms with Crippen molar-refractivity contribution in [2.45, 2.75) is 84.0 Å². The maximum Gasteiger partial charge on any atom is 0.246 e. The zero-order valence-corrected chi connectivity index (χ0v) is 20.3. The second-order valence-corrected chi connectivity index (χ2v) is 9.94. The van der Waals surface area contributed by atoms with Gasteiger partial charge in [0.15, 0.2) is 0 Å². The topological polar surface area (TPSA) is 105 Å². The van der Waals surface area contributed by atoms with Crippen molar-refractivity contribution in [3.8, 4) is 0 Å². The Labute approximate surface area is 197 Å². The van der Waals surface area contributed by atoms with Gasteiger partial charge >= 0.3 is 0 Å². The Morgan fingerprint density at radius 3 is 2.47 bits per heavy atom. The van der Waals surface area contributed by atoms with Crippen molar-refractivity contribution in [2.24, 2.45) is 11.1 Å². The summed E-state index contributed by atoms with van der Waals surface area (Å²) in [6.07, 6.45) is 4.36. The van der Waals surface area contributed by atoms with Crippen LogP contribution in [0.4, 0.5) is 0 Å². The van der Waals surface area contributed by atoms with Gasteiger partial charge in [-0.05, 0) is 55.6 Å². The highest BCUT2D eigenvalue weighted by Gasteiger charge is 2.42. The SMILES string of the molecule is CC(N)C(=O)NC(C(=O)N1CCCC1C(=O)NC1CCCc2ccccc21)C(C)(C)C.Cl. The van der Waals surface area contributed by atoms with E-state index in [9.17, 15) is 14.4 Å².